The molecule has 0 atom stereocenters. The van der Waals surface area contributed by atoms with Crippen LogP contribution in [-0.2, 0) is 10.2 Å². The maximum Gasteiger partial charge on any atom is 0.221 e. The molecule has 4 nitrogen and oxygen atoms in total. The van der Waals surface area contributed by atoms with Crippen LogP contribution >= 0.6 is 0 Å². The molecule has 1 spiro atoms. The van der Waals surface area contributed by atoms with E-state index in [-0.39, 0.29) is 11.3 Å². The first-order valence-corrected chi connectivity index (χ1v) is 9.01. The van der Waals surface area contributed by atoms with E-state index in [4.69, 9.17) is 0 Å². The number of carbonyl (C=O) groups excluding carboxylic acids is 1. The lowest BCUT2D eigenvalue weighted by Gasteiger charge is -2.38. The van der Waals surface area contributed by atoms with Gasteiger partial charge < -0.3 is 15.1 Å². The molecule has 1 saturated heterocycles. The highest BCUT2D eigenvalue weighted by Gasteiger charge is 2.44. The van der Waals surface area contributed by atoms with Gasteiger partial charge in [-0.1, -0.05) is 30.3 Å². The molecule has 2 heterocycles. The van der Waals surface area contributed by atoms with Gasteiger partial charge in [-0.05, 0) is 56.7 Å². The van der Waals surface area contributed by atoms with Crippen LogP contribution in [-0.4, -0.2) is 37.5 Å². The van der Waals surface area contributed by atoms with Gasteiger partial charge in [0.05, 0.1) is 11.4 Å². The van der Waals surface area contributed by atoms with Gasteiger partial charge in [0.15, 0.2) is 0 Å². The first kappa shape index (κ1) is 16.2. The maximum atomic E-state index is 11.6. The Labute approximate surface area is 149 Å². The van der Waals surface area contributed by atoms with E-state index in [2.05, 4.69) is 52.5 Å². The minimum absolute atomic E-state index is 0.0334. The van der Waals surface area contributed by atoms with Crippen LogP contribution in [0.2, 0.25) is 0 Å². The highest BCUT2D eigenvalue weighted by molar-refractivity contribution is 5.94. The lowest BCUT2D eigenvalue weighted by Crippen LogP contribution is -2.43. The number of piperidine rings is 1. The van der Waals surface area contributed by atoms with Gasteiger partial charge in [-0.3, -0.25) is 4.79 Å². The number of hydrogen-bond donors (Lipinski definition) is 1. The zero-order chi connectivity index (χ0) is 17.4. The van der Waals surface area contributed by atoms with Crippen molar-refractivity contribution in [3.63, 3.8) is 0 Å². The minimum atomic E-state index is -0.0334. The lowest BCUT2D eigenvalue weighted by molar-refractivity contribution is -0.114. The Hall–Kier alpha value is -2.33. The van der Waals surface area contributed by atoms with E-state index < -0.39 is 0 Å². The fourth-order valence-electron chi connectivity index (χ4n) is 4.32. The molecule has 2 aromatic rings. The standard InChI is InChI=1S/C21H25N3O/c1-16(25)22-18-8-4-6-10-20(18)24-15-21(11-13-23(2)14-12-21)17-7-3-5-9-19(17)24/h3-10H,11-15H2,1-2H3,(H,22,25). The quantitative estimate of drug-likeness (QED) is 0.908. The van der Waals surface area contributed by atoms with Gasteiger partial charge in [-0.15, -0.1) is 0 Å². The van der Waals surface area contributed by atoms with E-state index in [0.717, 1.165) is 31.0 Å². The molecule has 0 saturated carbocycles. The van der Waals surface area contributed by atoms with Crippen molar-refractivity contribution in [3.05, 3.63) is 54.1 Å². The average molecular weight is 335 g/mol. The predicted molar refractivity (Wildman–Crippen MR) is 103 cm³/mol. The van der Waals surface area contributed by atoms with Crippen LogP contribution < -0.4 is 10.2 Å². The van der Waals surface area contributed by atoms with E-state index in [1.807, 2.05) is 18.2 Å². The number of para-hydroxylation sites is 3. The Morgan fingerprint density at radius 3 is 2.36 bits per heavy atom. The fraction of sp³-hybridized carbons (Fsp3) is 0.381. The van der Waals surface area contributed by atoms with Gasteiger partial charge in [0, 0.05) is 24.6 Å². The largest absolute Gasteiger partial charge is 0.339 e. The second kappa shape index (κ2) is 6.19. The molecule has 0 aromatic heterocycles. The van der Waals surface area contributed by atoms with Crippen molar-refractivity contribution in [2.24, 2.45) is 0 Å². The summed E-state index contributed by atoms with van der Waals surface area (Å²) in [4.78, 5) is 16.4. The van der Waals surface area contributed by atoms with E-state index in [9.17, 15) is 4.79 Å². The average Bonchev–Trinajstić information content (AvgIpc) is 2.93. The Morgan fingerprint density at radius 2 is 1.64 bits per heavy atom. The number of hydrogen-bond acceptors (Lipinski definition) is 3. The molecule has 0 radical (unpaired) electrons. The number of nitrogens with one attached hydrogen (secondary N) is 1. The van der Waals surface area contributed by atoms with Crippen molar-refractivity contribution >= 4 is 23.0 Å². The van der Waals surface area contributed by atoms with Crippen LogP contribution in [0.3, 0.4) is 0 Å². The van der Waals surface area contributed by atoms with Crippen molar-refractivity contribution < 1.29 is 4.79 Å². The Balaban J connectivity index is 1.77. The molecule has 4 rings (SSSR count). The molecule has 0 unspecified atom stereocenters. The van der Waals surface area contributed by atoms with Crippen molar-refractivity contribution in [3.8, 4) is 0 Å². The lowest BCUT2D eigenvalue weighted by atomic mass is 9.74. The zero-order valence-corrected chi connectivity index (χ0v) is 15.0. The van der Waals surface area contributed by atoms with Gasteiger partial charge in [-0.25, -0.2) is 0 Å². The Bertz CT molecular complexity index is 793. The van der Waals surface area contributed by atoms with E-state index >= 15 is 0 Å². The van der Waals surface area contributed by atoms with Crippen molar-refractivity contribution in [2.75, 3.05) is 36.9 Å². The smallest absolute Gasteiger partial charge is 0.221 e. The first-order valence-electron chi connectivity index (χ1n) is 9.01. The van der Waals surface area contributed by atoms with Crippen LogP contribution in [0.4, 0.5) is 17.1 Å². The van der Waals surface area contributed by atoms with E-state index in [0.29, 0.717) is 0 Å². The molecule has 130 valence electrons. The van der Waals surface area contributed by atoms with Crippen LogP contribution in [0.25, 0.3) is 0 Å². The summed E-state index contributed by atoms with van der Waals surface area (Å²) >= 11 is 0. The second-order valence-electron chi connectivity index (χ2n) is 7.39. The molecule has 0 aliphatic carbocycles. The Kier molecular flexibility index (Phi) is 4.00. The third-order valence-electron chi connectivity index (χ3n) is 5.68. The number of fused-ring (bicyclic) bond motifs is 2. The minimum Gasteiger partial charge on any atom is -0.339 e. The topological polar surface area (TPSA) is 35.6 Å². The van der Waals surface area contributed by atoms with E-state index in [1.165, 1.54) is 24.1 Å². The molecule has 0 bridgehead atoms. The summed E-state index contributed by atoms with van der Waals surface area (Å²) in [7, 11) is 2.21. The van der Waals surface area contributed by atoms with Gasteiger partial charge in [0.2, 0.25) is 5.91 Å². The molecule has 2 aliphatic rings. The normalized spacial score (nSPS) is 19.0. The molecule has 1 N–H and O–H groups in total. The summed E-state index contributed by atoms with van der Waals surface area (Å²) in [6.45, 7) is 4.81. The molecule has 1 fully saturated rings. The summed E-state index contributed by atoms with van der Waals surface area (Å²) in [6, 6.07) is 16.9. The molecular weight excluding hydrogens is 310 g/mol. The van der Waals surface area contributed by atoms with Crippen molar-refractivity contribution in [2.45, 2.75) is 25.2 Å². The molecule has 1 amide bonds. The maximum absolute atomic E-state index is 11.6. The summed E-state index contributed by atoms with van der Waals surface area (Å²) in [6.07, 6.45) is 2.36. The van der Waals surface area contributed by atoms with Gasteiger partial charge >= 0.3 is 0 Å². The molecule has 25 heavy (non-hydrogen) atoms. The number of likely N-dealkylation sites (tertiary alicyclic amines) is 1. The highest BCUT2D eigenvalue weighted by Crippen LogP contribution is 2.50. The number of nitrogens with zero attached hydrogens (tertiary/aromatic N) is 2. The molecular formula is C21H25N3O. The second-order valence-corrected chi connectivity index (χ2v) is 7.39. The number of amides is 1. The van der Waals surface area contributed by atoms with Crippen LogP contribution in [0.1, 0.15) is 25.3 Å². The predicted octanol–water partition coefficient (Wildman–Crippen LogP) is 3.76. The van der Waals surface area contributed by atoms with Crippen LogP contribution in [0, 0.1) is 0 Å². The third kappa shape index (κ3) is 2.81. The number of benzene rings is 2. The van der Waals surface area contributed by atoms with Crippen molar-refractivity contribution in [1.82, 2.24) is 4.90 Å². The van der Waals surface area contributed by atoms with Gasteiger partial charge in [0.1, 0.15) is 0 Å². The molecule has 2 aromatic carbocycles. The summed E-state index contributed by atoms with van der Waals surface area (Å²) in [5.74, 6) is -0.0334. The number of carbonyl (C=O) groups is 1. The van der Waals surface area contributed by atoms with Gasteiger partial charge in [0.25, 0.3) is 0 Å². The number of anilines is 3. The summed E-state index contributed by atoms with van der Waals surface area (Å²) in [5.41, 5.74) is 4.92. The summed E-state index contributed by atoms with van der Waals surface area (Å²) in [5, 5.41) is 2.99. The van der Waals surface area contributed by atoms with Gasteiger partial charge in [-0.2, -0.15) is 0 Å². The highest BCUT2D eigenvalue weighted by atomic mass is 16.1. The van der Waals surface area contributed by atoms with Crippen LogP contribution in [0.15, 0.2) is 48.5 Å². The SMILES string of the molecule is CC(=O)Nc1ccccc1N1CC2(CCN(C)CC2)c2ccccc21. The fourth-order valence-corrected chi connectivity index (χ4v) is 4.32. The Morgan fingerprint density at radius 1 is 1.00 bits per heavy atom. The monoisotopic (exact) mass is 335 g/mol. The van der Waals surface area contributed by atoms with E-state index in [1.54, 1.807) is 6.92 Å². The summed E-state index contributed by atoms with van der Waals surface area (Å²) < 4.78 is 0. The zero-order valence-electron chi connectivity index (χ0n) is 15.0. The molecule has 4 heteroatoms. The number of rotatable bonds is 2. The van der Waals surface area contributed by atoms with Crippen LogP contribution in [0.5, 0.6) is 0 Å². The third-order valence-corrected chi connectivity index (χ3v) is 5.68. The molecule has 2 aliphatic heterocycles. The first-order chi connectivity index (χ1) is 12.1. The van der Waals surface area contributed by atoms with Crippen molar-refractivity contribution in [1.29, 1.82) is 0 Å².